The summed E-state index contributed by atoms with van der Waals surface area (Å²) in [7, 11) is 0. The fraction of sp³-hybridized carbons (Fsp3) is 0.600. The summed E-state index contributed by atoms with van der Waals surface area (Å²) < 4.78 is 4.96. The summed E-state index contributed by atoms with van der Waals surface area (Å²) in [6.07, 6.45) is 3.85. The molecule has 2 aliphatic rings. The summed E-state index contributed by atoms with van der Waals surface area (Å²) in [5, 5.41) is 2.53. The Kier molecular flexibility index (Phi) is 4.95. The van der Waals surface area contributed by atoms with Crippen LogP contribution in [0.1, 0.15) is 26.7 Å². The Bertz CT molecular complexity index is 502. The maximum atomic E-state index is 12.2. The Labute approximate surface area is 128 Å². The highest BCUT2D eigenvalue weighted by molar-refractivity contribution is 6.07. The van der Waals surface area contributed by atoms with Gasteiger partial charge in [0.2, 0.25) is 11.8 Å². The number of esters is 1. The van der Waals surface area contributed by atoms with Crippen molar-refractivity contribution in [1.82, 2.24) is 10.2 Å². The third kappa shape index (κ3) is 3.18. The molecule has 0 aromatic rings. The number of nitrogens with one attached hydrogen (secondary N) is 1. The van der Waals surface area contributed by atoms with Gasteiger partial charge in [0.15, 0.2) is 6.10 Å². The highest BCUT2D eigenvalue weighted by Crippen LogP contribution is 2.34. The van der Waals surface area contributed by atoms with Crippen LogP contribution in [0.15, 0.2) is 12.2 Å². The number of carbonyl (C=O) groups is 4. The van der Waals surface area contributed by atoms with Crippen LogP contribution in [0.5, 0.6) is 0 Å². The van der Waals surface area contributed by atoms with Crippen molar-refractivity contribution in [2.24, 2.45) is 11.8 Å². The fourth-order valence-corrected chi connectivity index (χ4v) is 2.76. The van der Waals surface area contributed by atoms with Crippen molar-refractivity contribution in [1.29, 1.82) is 0 Å². The van der Waals surface area contributed by atoms with Gasteiger partial charge in [-0.15, -0.1) is 0 Å². The quantitative estimate of drug-likeness (QED) is 0.438. The normalized spacial score (nSPS) is 24.9. The number of allylic oxidation sites excluding steroid dienone is 2. The van der Waals surface area contributed by atoms with Crippen LogP contribution in [0.4, 0.5) is 0 Å². The second kappa shape index (κ2) is 6.72. The first-order valence-corrected chi connectivity index (χ1v) is 7.43. The van der Waals surface area contributed by atoms with Crippen LogP contribution < -0.4 is 5.32 Å². The number of likely N-dealkylation sites (tertiary alicyclic amines) is 1. The largest absolute Gasteiger partial charge is 0.451 e. The number of rotatable bonds is 5. The monoisotopic (exact) mass is 308 g/mol. The number of likely N-dealkylation sites (N-methyl/N-ethyl adjacent to an activating group) is 1. The Morgan fingerprint density at radius 3 is 2.32 bits per heavy atom. The van der Waals surface area contributed by atoms with Crippen LogP contribution in [0.25, 0.3) is 0 Å². The molecule has 1 saturated heterocycles. The second-order valence-corrected chi connectivity index (χ2v) is 5.45. The molecular formula is C15H20N2O5. The Hall–Kier alpha value is -2.18. The van der Waals surface area contributed by atoms with E-state index in [0.717, 1.165) is 4.90 Å². The van der Waals surface area contributed by atoms with E-state index in [1.807, 2.05) is 12.2 Å². The molecule has 0 aromatic carbocycles. The van der Waals surface area contributed by atoms with E-state index in [1.165, 1.54) is 6.92 Å². The Morgan fingerprint density at radius 1 is 1.27 bits per heavy atom. The van der Waals surface area contributed by atoms with Gasteiger partial charge in [0.25, 0.3) is 5.91 Å². The van der Waals surface area contributed by atoms with Gasteiger partial charge in [-0.2, -0.15) is 0 Å². The average molecular weight is 308 g/mol. The van der Waals surface area contributed by atoms with Crippen LogP contribution >= 0.6 is 0 Å². The molecule has 22 heavy (non-hydrogen) atoms. The van der Waals surface area contributed by atoms with Gasteiger partial charge >= 0.3 is 5.97 Å². The number of fused-ring (bicyclic) bond motifs is 1. The molecule has 2 rings (SSSR count). The minimum absolute atomic E-state index is 0.332. The number of hydrogen-bond acceptors (Lipinski definition) is 5. The zero-order valence-corrected chi connectivity index (χ0v) is 12.7. The summed E-state index contributed by atoms with van der Waals surface area (Å²) in [6, 6.07) is 0. The summed E-state index contributed by atoms with van der Waals surface area (Å²) in [4.78, 5) is 48.7. The smallest absolute Gasteiger partial charge is 0.326 e. The molecule has 0 saturated carbocycles. The highest BCUT2D eigenvalue weighted by atomic mass is 16.5. The first-order chi connectivity index (χ1) is 10.5. The van der Waals surface area contributed by atoms with Gasteiger partial charge in [-0.05, 0) is 26.7 Å². The van der Waals surface area contributed by atoms with E-state index in [4.69, 9.17) is 4.74 Å². The van der Waals surface area contributed by atoms with Crippen molar-refractivity contribution in [3.8, 4) is 0 Å². The zero-order valence-electron chi connectivity index (χ0n) is 12.7. The molecule has 0 aromatic heterocycles. The number of carbonyl (C=O) groups excluding carboxylic acids is 4. The summed E-state index contributed by atoms with van der Waals surface area (Å²) in [6.45, 7) is 3.19. The van der Waals surface area contributed by atoms with E-state index in [1.54, 1.807) is 6.92 Å². The first kappa shape index (κ1) is 16.2. The van der Waals surface area contributed by atoms with Crippen molar-refractivity contribution in [2.45, 2.75) is 32.8 Å². The number of hydrogen-bond donors (Lipinski definition) is 1. The predicted molar refractivity (Wildman–Crippen MR) is 76.3 cm³/mol. The SMILES string of the molecule is CCNC(=O)[C@@H](C)OC(=O)CN1C(=O)[C@H]2CC=CC[C@@H]2C1=O. The molecule has 7 nitrogen and oxygen atoms in total. The molecule has 0 spiro atoms. The molecule has 1 heterocycles. The molecule has 0 bridgehead atoms. The van der Waals surface area contributed by atoms with E-state index in [-0.39, 0.29) is 23.7 Å². The standard InChI is InChI=1S/C15H20N2O5/c1-3-16-13(19)9(2)22-12(18)8-17-14(20)10-6-4-5-7-11(10)15(17)21/h4-5,9-11H,3,6-8H2,1-2H3,(H,16,19)/t9-,10+,11+/m1/s1. The number of nitrogens with zero attached hydrogens (tertiary/aromatic N) is 1. The third-order valence-electron chi connectivity index (χ3n) is 3.91. The van der Waals surface area contributed by atoms with Gasteiger partial charge < -0.3 is 10.1 Å². The first-order valence-electron chi connectivity index (χ1n) is 7.43. The third-order valence-corrected chi connectivity index (χ3v) is 3.91. The van der Waals surface area contributed by atoms with Crippen LogP contribution in [-0.4, -0.2) is 47.8 Å². The van der Waals surface area contributed by atoms with E-state index < -0.39 is 24.5 Å². The van der Waals surface area contributed by atoms with Gasteiger partial charge in [-0.1, -0.05) is 12.2 Å². The van der Waals surface area contributed by atoms with Gasteiger partial charge in [0, 0.05) is 6.54 Å². The fourth-order valence-electron chi connectivity index (χ4n) is 2.76. The van der Waals surface area contributed by atoms with Crippen LogP contribution in [-0.2, 0) is 23.9 Å². The number of imide groups is 1. The number of amides is 3. The van der Waals surface area contributed by atoms with Crippen molar-refractivity contribution in [3.63, 3.8) is 0 Å². The van der Waals surface area contributed by atoms with Crippen molar-refractivity contribution in [3.05, 3.63) is 12.2 Å². The lowest BCUT2D eigenvalue weighted by Crippen LogP contribution is -2.40. The minimum Gasteiger partial charge on any atom is -0.451 e. The molecule has 0 radical (unpaired) electrons. The minimum atomic E-state index is -0.954. The maximum Gasteiger partial charge on any atom is 0.326 e. The summed E-state index contributed by atoms with van der Waals surface area (Å²) in [5.74, 6) is -2.57. The van der Waals surface area contributed by atoms with Crippen LogP contribution in [0.2, 0.25) is 0 Å². The molecule has 120 valence electrons. The van der Waals surface area contributed by atoms with E-state index >= 15 is 0 Å². The maximum absolute atomic E-state index is 12.2. The Morgan fingerprint density at radius 2 is 1.82 bits per heavy atom. The highest BCUT2D eigenvalue weighted by Gasteiger charge is 2.47. The lowest BCUT2D eigenvalue weighted by atomic mass is 9.85. The molecule has 1 aliphatic heterocycles. The molecular weight excluding hydrogens is 288 g/mol. The van der Waals surface area contributed by atoms with Crippen molar-refractivity contribution in [2.75, 3.05) is 13.1 Å². The lowest BCUT2D eigenvalue weighted by molar-refractivity contribution is -0.159. The molecule has 0 unspecified atom stereocenters. The van der Waals surface area contributed by atoms with Gasteiger partial charge in [-0.3, -0.25) is 24.1 Å². The molecule has 3 atom stereocenters. The van der Waals surface area contributed by atoms with Crippen molar-refractivity contribution >= 4 is 23.7 Å². The van der Waals surface area contributed by atoms with Gasteiger partial charge in [-0.25, -0.2) is 0 Å². The van der Waals surface area contributed by atoms with E-state index in [9.17, 15) is 19.2 Å². The van der Waals surface area contributed by atoms with Gasteiger partial charge in [0.1, 0.15) is 6.54 Å². The molecule has 7 heteroatoms. The average Bonchev–Trinajstić information content (AvgIpc) is 2.73. The Balaban J connectivity index is 1.93. The summed E-state index contributed by atoms with van der Waals surface area (Å²) >= 11 is 0. The molecule has 3 amide bonds. The predicted octanol–water partition coefficient (Wildman–Crippen LogP) is 0.00540. The van der Waals surface area contributed by atoms with Crippen LogP contribution in [0, 0.1) is 11.8 Å². The molecule has 1 aliphatic carbocycles. The van der Waals surface area contributed by atoms with Crippen LogP contribution in [0.3, 0.4) is 0 Å². The van der Waals surface area contributed by atoms with Gasteiger partial charge in [0.05, 0.1) is 11.8 Å². The van der Waals surface area contributed by atoms with Crippen molar-refractivity contribution < 1.29 is 23.9 Å². The zero-order chi connectivity index (χ0) is 16.3. The lowest BCUT2D eigenvalue weighted by Gasteiger charge is -2.16. The topological polar surface area (TPSA) is 92.8 Å². The number of ether oxygens (including phenoxy) is 1. The van der Waals surface area contributed by atoms with E-state index in [0.29, 0.717) is 19.4 Å². The summed E-state index contributed by atoms with van der Waals surface area (Å²) in [5.41, 5.74) is 0. The molecule has 1 N–H and O–H groups in total. The van der Waals surface area contributed by atoms with E-state index in [2.05, 4.69) is 5.32 Å². The second-order valence-electron chi connectivity index (χ2n) is 5.45. The molecule has 1 fully saturated rings.